The number of benzene rings is 1. The number of pyridine rings is 1. The van der Waals surface area contributed by atoms with Gasteiger partial charge in [0, 0.05) is 11.6 Å². The highest BCUT2D eigenvalue weighted by molar-refractivity contribution is 5.84. The van der Waals surface area contributed by atoms with Gasteiger partial charge in [-0.25, -0.2) is 0 Å². The molecular formula is C16H21N. The van der Waals surface area contributed by atoms with E-state index in [0.29, 0.717) is 5.92 Å². The molecule has 0 aliphatic rings. The molecule has 0 atom stereocenters. The summed E-state index contributed by atoms with van der Waals surface area (Å²) < 4.78 is 0. The van der Waals surface area contributed by atoms with E-state index in [-0.39, 0.29) is 5.41 Å². The van der Waals surface area contributed by atoms with Gasteiger partial charge in [0.05, 0.1) is 5.52 Å². The second-order valence-corrected chi connectivity index (χ2v) is 6.00. The zero-order valence-corrected chi connectivity index (χ0v) is 11.4. The fraction of sp³-hybridized carbons (Fsp3) is 0.438. The number of nitrogens with zero attached hydrogens (tertiary/aromatic N) is 1. The first-order valence-electron chi connectivity index (χ1n) is 6.29. The van der Waals surface area contributed by atoms with E-state index in [1.807, 2.05) is 12.3 Å². The Bertz CT molecular complexity index is 533. The van der Waals surface area contributed by atoms with Crippen LogP contribution in [0.3, 0.4) is 0 Å². The Morgan fingerprint density at radius 2 is 1.76 bits per heavy atom. The molecule has 1 heteroatoms. The van der Waals surface area contributed by atoms with Gasteiger partial charge in [-0.3, -0.25) is 4.98 Å². The van der Waals surface area contributed by atoms with Gasteiger partial charge in [0.15, 0.2) is 0 Å². The maximum atomic E-state index is 4.46. The van der Waals surface area contributed by atoms with Crippen molar-refractivity contribution in [3.05, 3.63) is 41.6 Å². The van der Waals surface area contributed by atoms with Crippen molar-refractivity contribution in [3.63, 3.8) is 0 Å². The molecule has 0 N–H and O–H groups in total. The average Bonchev–Trinajstić information content (AvgIpc) is 2.26. The highest BCUT2D eigenvalue weighted by atomic mass is 14.6. The molecule has 0 aliphatic heterocycles. The molecule has 0 spiro atoms. The van der Waals surface area contributed by atoms with E-state index >= 15 is 0 Å². The fourth-order valence-corrected chi connectivity index (χ4v) is 2.49. The molecule has 0 unspecified atom stereocenters. The summed E-state index contributed by atoms with van der Waals surface area (Å²) in [5, 5.41) is 1.30. The van der Waals surface area contributed by atoms with Crippen LogP contribution in [0, 0.1) is 0 Å². The number of fused-ring (bicyclic) bond motifs is 1. The molecule has 0 fully saturated rings. The zero-order chi connectivity index (χ0) is 12.6. The summed E-state index contributed by atoms with van der Waals surface area (Å²) in [5.74, 6) is 0.550. The maximum absolute atomic E-state index is 4.46. The van der Waals surface area contributed by atoms with Crippen LogP contribution in [-0.2, 0) is 5.41 Å². The third kappa shape index (κ3) is 2.19. The molecule has 2 aromatic rings. The van der Waals surface area contributed by atoms with E-state index in [1.54, 1.807) is 0 Å². The molecule has 2 rings (SSSR count). The van der Waals surface area contributed by atoms with Gasteiger partial charge in [-0.1, -0.05) is 46.8 Å². The monoisotopic (exact) mass is 227 g/mol. The van der Waals surface area contributed by atoms with Crippen LogP contribution >= 0.6 is 0 Å². The molecule has 0 saturated heterocycles. The standard InChI is InChI=1S/C16H21N/c1-11(2)12-8-9-14-13(7-6-10-17-14)15(12)16(3,4)5/h6-11H,1-5H3. The van der Waals surface area contributed by atoms with Gasteiger partial charge >= 0.3 is 0 Å². The molecule has 17 heavy (non-hydrogen) atoms. The fourth-order valence-electron chi connectivity index (χ4n) is 2.49. The Balaban J connectivity index is 2.85. The SMILES string of the molecule is CC(C)c1ccc2ncccc2c1C(C)(C)C. The number of rotatable bonds is 1. The third-order valence-electron chi connectivity index (χ3n) is 3.19. The van der Waals surface area contributed by atoms with Crippen LogP contribution in [0.25, 0.3) is 10.9 Å². The zero-order valence-electron chi connectivity index (χ0n) is 11.4. The lowest BCUT2D eigenvalue weighted by molar-refractivity contribution is 0.583. The van der Waals surface area contributed by atoms with Crippen LogP contribution in [-0.4, -0.2) is 4.98 Å². The smallest absolute Gasteiger partial charge is 0.0705 e. The summed E-state index contributed by atoms with van der Waals surface area (Å²) in [5.41, 5.74) is 4.14. The minimum atomic E-state index is 0.155. The van der Waals surface area contributed by atoms with Gasteiger partial charge in [-0.05, 0) is 34.6 Å². The third-order valence-corrected chi connectivity index (χ3v) is 3.19. The van der Waals surface area contributed by atoms with Crippen molar-refractivity contribution >= 4 is 10.9 Å². The molecule has 0 aliphatic carbocycles. The minimum Gasteiger partial charge on any atom is -0.256 e. The van der Waals surface area contributed by atoms with E-state index < -0.39 is 0 Å². The van der Waals surface area contributed by atoms with Crippen LogP contribution in [0.2, 0.25) is 0 Å². The van der Waals surface area contributed by atoms with Gasteiger partial charge in [0.1, 0.15) is 0 Å². The molecule has 0 radical (unpaired) electrons. The summed E-state index contributed by atoms with van der Waals surface area (Å²) >= 11 is 0. The van der Waals surface area contributed by atoms with Crippen molar-refractivity contribution in [2.75, 3.05) is 0 Å². The Labute approximate surface area is 104 Å². The lowest BCUT2D eigenvalue weighted by Gasteiger charge is -2.26. The first-order chi connectivity index (χ1) is 7.91. The highest BCUT2D eigenvalue weighted by Gasteiger charge is 2.22. The molecule has 0 saturated carbocycles. The van der Waals surface area contributed by atoms with Crippen LogP contribution in [0.1, 0.15) is 51.7 Å². The van der Waals surface area contributed by atoms with E-state index in [0.717, 1.165) is 5.52 Å². The Hall–Kier alpha value is -1.37. The lowest BCUT2D eigenvalue weighted by Crippen LogP contribution is -2.15. The first kappa shape index (κ1) is 12.1. The number of hydrogen-bond acceptors (Lipinski definition) is 1. The van der Waals surface area contributed by atoms with E-state index in [1.165, 1.54) is 16.5 Å². The quantitative estimate of drug-likeness (QED) is 0.690. The van der Waals surface area contributed by atoms with Crippen LogP contribution < -0.4 is 0 Å². The lowest BCUT2D eigenvalue weighted by atomic mass is 9.78. The summed E-state index contributed by atoms with van der Waals surface area (Å²) in [6, 6.07) is 8.59. The second kappa shape index (κ2) is 4.14. The average molecular weight is 227 g/mol. The van der Waals surface area contributed by atoms with Crippen molar-refractivity contribution in [3.8, 4) is 0 Å². The van der Waals surface area contributed by atoms with Crippen molar-refractivity contribution in [1.29, 1.82) is 0 Å². The molecular weight excluding hydrogens is 206 g/mol. The largest absolute Gasteiger partial charge is 0.256 e. The maximum Gasteiger partial charge on any atom is 0.0705 e. The Morgan fingerprint density at radius 1 is 1.06 bits per heavy atom. The number of hydrogen-bond donors (Lipinski definition) is 0. The summed E-state index contributed by atoms with van der Waals surface area (Å²) in [6.07, 6.45) is 1.86. The predicted octanol–water partition coefficient (Wildman–Crippen LogP) is 4.66. The molecule has 1 aromatic heterocycles. The minimum absolute atomic E-state index is 0.155. The van der Waals surface area contributed by atoms with Crippen molar-refractivity contribution < 1.29 is 0 Å². The van der Waals surface area contributed by atoms with Gasteiger partial charge in [-0.2, -0.15) is 0 Å². The van der Waals surface area contributed by atoms with Crippen molar-refractivity contribution in [2.45, 2.75) is 46.0 Å². The summed E-state index contributed by atoms with van der Waals surface area (Å²) in [7, 11) is 0. The van der Waals surface area contributed by atoms with Crippen molar-refractivity contribution in [2.24, 2.45) is 0 Å². The number of aromatic nitrogens is 1. The molecule has 1 nitrogen and oxygen atoms in total. The van der Waals surface area contributed by atoms with Crippen LogP contribution in [0.5, 0.6) is 0 Å². The molecule has 0 amide bonds. The van der Waals surface area contributed by atoms with E-state index in [9.17, 15) is 0 Å². The van der Waals surface area contributed by atoms with Crippen molar-refractivity contribution in [1.82, 2.24) is 4.98 Å². The van der Waals surface area contributed by atoms with Crippen LogP contribution in [0.15, 0.2) is 30.5 Å². The van der Waals surface area contributed by atoms with Gasteiger partial charge in [0.2, 0.25) is 0 Å². The summed E-state index contributed by atoms with van der Waals surface area (Å²) in [4.78, 5) is 4.46. The topological polar surface area (TPSA) is 12.9 Å². The molecule has 90 valence electrons. The Morgan fingerprint density at radius 3 is 2.35 bits per heavy atom. The second-order valence-electron chi connectivity index (χ2n) is 6.00. The predicted molar refractivity (Wildman–Crippen MR) is 74.5 cm³/mol. The first-order valence-corrected chi connectivity index (χ1v) is 6.29. The Kier molecular flexibility index (Phi) is 2.94. The molecule has 0 bridgehead atoms. The van der Waals surface area contributed by atoms with Gasteiger partial charge in [0.25, 0.3) is 0 Å². The van der Waals surface area contributed by atoms with Crippen LogP contribution in [0.4, 0.5) is 0 Å². The van der Waals surface area contributed by atoms with Gasteiger partial charge in [-0.15, -0.1) is 0 Å². The van der Waals surface area contributed by atoms with Gasteiger partial charge < -0.3 is 0 Å². The normalized spacial score (nSPS) is 12.4. The van der Waals surface area contributed by atoms with E-state index in [4.69, 9.17) is 0 Å². The highest BCUT2D eigenvalue weighted by Crippen LogP contribution is 2.35. The van der Waals surface area contributed by atoms with E-state index in [2.05, 4.69) is 57.8 Å². The molecule has 1 heterocycles. The molecule has 1 aromatic carbocycles. The summed E-state index contributed by atoms with van der Waals surface area (Å²) in [6.45, 7) is 11.3.